The van der Waals surface area contributed by atoms with Crippen LogP contribution in [0.15, 0.2) is 24.3 Å². The lowest BCUT2D eigenvalue weighted by Crippen LogP contribution is -2.45. The molecule has 1 aromatic rings. The zero-order chi connectivity index (χ0) is 13.6. The van der Waals surface area contributed by atoms with Crippen molar-refractivity contribution < 1.29 is 18.0 Å². The number of hydrogen-bond acceptors (Lipinski definition) is 4. The molecule has 102 valence electrons. The smallest absolute Gasteiger partial charge is 0.491 e. The van der Waals surface area contributed by atoms with E-state index in [-0.39, 0.29) is 6.10 Å². The summed E-state index contributed by atoms with van der Waals surface area (Å²) in [7, 11) is 2.23. The minimum atomic E-state index is -2.62. The number of ether oxygens (including phenoxy) is 1. The Labute approximate surface area is 110 Å². The summed E-state index contributed by atoms with van der Waals surface area (Å²) in [6, 6.07) is 8.49. The molecule has 0 spiro atoms. The molecule has 4 nitrogen and oxygen atoms in total. The van der Waals surface area contributed by atoms with Crippen LogP contribution in [0, 0.1) is 0 Å². The number of hydrogen-bond donors (Lipinski definition) is 0. The van der Waals surface area contributed by atoms with E-state index in [9.17, 15) is 0 Å². The van der Waals surface area contributed by atoms with Crippen LogP contribution in [0.3, 0.4) is 0 Å². The zero-order valence-electron chi connectivity index (χ0n) is 11.7. The first-order valence-corrected chi connectivity index (χ1v) is 7.90. The van der Waals surface area contributed by atoms with Crippen LogP contribution in [0.25, 0.3) is 0 Å². The first kappa shape index (κ1) is 15.2. The van der Waals surface area contributed by atoms with Crippen molar-refractivity contribution in [3.8, 4) is 5.75 Å². The molecule has 0 aliphatic carbocycles. The molecule has 18 heavy (non-hydrogen) atoms. The molecule has 0 aliphatic rings. The van der Waals surface area contributed by atoms with Crippen LogP contribution < -0.4 is 4.74 Å². The Morgan fingerprint density at radius 1 is 1.00 bits per heavy atom. The van der Waals surface area contributed by atoms with Gasteiger partial charge in [-0.15, -0.1) is 0 Å². The summed E-state index contributed by atoms with van der Waals surface area (Å²) in [6.45, 7) is 4.01. The number of para-hydroxylation sites is 1. The molecule has 0 fully saturated rings. The van der Waals surface area contributed by atoms with Crippen LogP contribution >= 0.6 is 0 Å². The summed E-state index contributed by atoms with van der Waals surface area (Å²) in [5.41, 5.74) is 1.04. The summed E-state index contributed by atoms with van der Waals surface area (Å²) >= 11 is 0. The molecular weight excluding hydrogens is 248 g/mol. The Balaban J connectivity index is 2.95. The lowest BCUT2D eigenvalue weighted by Gasteiger charge is -2.25. The molecule has 0 aromatic heterocycles. The molecule has 0 bridgehead atoms. The van der Waals surface area contributed by atoms with Crippen molar-refractivity contribution in [2.45, 2.75) is 26.0 Å². The average molecular weight is 270 g/mol. The van der Waals surface area contributed by atoms with Crippen molar-refractivity contribution in [2.24, 2.45) is 0 Å². The van der Waals surface area contributed by atoms with Crippen LogP contribution in [-0.2, 0) is 19.3 Å². The normalized spacial score (nSPS) is 11.9. The molecule has 0 unspecified atom stereocenters. The maximum Gasteiger partial charge on any atom is 0.504 e. The topological polar surface area (TPSA) is 36.9 Å². The molecule has 0 atom stereocenters. The highest BCUT2D eigenvalue weighted by Crippen LogP contribution is 2.24. The van der Waals surface area contributed by atoms with E-state index in [4.69, 9.17) is 18.0 Å². The van der Waals surface area contributed by atoms with E-state index < -0.39 is 8.80 Å². The van der Waals surface area contributed by atoms with Gasteiger partial charge in [0.2, 0.25) is 0 Å². The quantitative estimate of drug-likeness (QED) is 0.713. The molecule has 0 saturated carbocycles. The van der Waals surface area contributed by atoms with Crippen molar-refractivity contribution in [1.29, 1.82) is 0 Å². The highest BCUT2D eigenvalue weighted by molar-refractivity contribution is 6.60. The van der Waals surface area contributed by atoms with Gasteiger partial charge in [-0.1, -0.05) is 18.2 Å². The van der Waals surface area contributed by atoms with Gasteiger partial charge in [0.15, 0.2) is 0 Å². The summed E-state index contributed by atoms with van der Waals surface area (Å²) in [4.78, 5) is 0. The number of rotatable bonds is 7. The molecule has 1 rings (SSSR count). The Kier molecular flexibility index (Phi) is 5.81. The molecular formula is C13H22O4Si. The lowest BCUT2D eigenvalue weighted by atomic mass is 10.2. The largest absolute Gasteiger partial charge is 0.504 e. The van der Waals surface area contributed by atoms with Gasteiger partial charge >= 0.3 is 8.80 Å². The van der Waals surface area contributed by atoms with Gasteiger partial charge in [0, 0.05) is 27.4 Å². The molecule has 0 heterocycles. The Hall–Kier alpha value is -0.883. The molecule has 0 amide bonds. The van der Waals surface area contributed by atoms with E-state index in [2.05, 4.69) is 0 Å². The summed E-state index contributed by atoms with van der Waals surface area (Å²) in [5.74, 6) is 0.857. The second-order valence-electron chi connectivity index (χ2n) is 4.25. The highest BCUT2D eigenvalue weighted by atomic mass is 28.4. The maximum absolute atomic E-state index is 5.78. The summed E-state index contributed by atoms with van der Waals surface area (Å²) in [5, 5.41) is 0. The summed E-state index contributed by atoms with van der Waals surface area (Å²) in [6.07, 6.45) is 0.134. The highest BCUT2D eigenvalue weighted by Gasteiger charge is 2.38. The van der Waals surface area contributed by atoms with E-state index in [0.29, 0.717) is 6.04 Å². The molecule has 0 radical (unpaired) electrons. The van der Waals surface area contributed by atoms with Gasteiger partial charge in [0.05, 0.1) is 6.10 Å². The molecule has 0 aliphatic heterocycles. The molecule has 0 saturated heterocycles. The fourth-order valence-electron chi connectivity index (χ4n) is 1.72. The predicted molar refractivity (Wildman–Crippen MR) is 72.7 cm³/mol. The van der Waals surface area contributed by atoms with Gasteiger partial charge in [0.1, 0.15) is 5.75 Å². The fraction of sp³-hybridized carbons (Fsp3) is 0.538. The average Bonchev–Trinajstić information content (AvgIpc) is 2.37. The third kappa shape index (κ3) is 3.81. The first-order valence-electron chi connectivity index (χ1n) is 5.97. The maximum atomic E-state index is 5.78. The van der Waals surface area contributed by atoms with Crippen LogP contribution in [-0.4, -0.2) is 36.2 Å². The lowest BCUT2D eigenvalue weighted by molar-refractivity contribution is 0.122. The van der Waals surface area contributed by atoms with Gasteiger partial charge in [0.25, 0.3) is 0 Å². The predicted octanol–water partition coefficient (Wildman–Crippen LogP) is 2.43. The molecule has 5 heteroatoms. The van der Waals surface area contributed by atoms with Gasteiger partial charge in [-0.25, -0.2) is 0 Å². The third-order valence-electron chi connectivity index (χ3n) is 2.68. The summed E-state index contributed by atoms with van der Waals surface area (Å²) < 4.78 is 22.1. The van der Waals surface area contributed by atoms with Crippen molar-refractivity contribution in [2.75, 3.05) is 21.3 Å². The standard InChI is InChI=1S/C13H22O4Si/c1-11(2)17-13-9-7-6-8-12(13)10-18(14-3,15-4)16-5/h6-9,11H,10H2,1-5H3. The fourth-order valence-corrected chi connectivity index (χ4v) is 3.41. The van der Waals surface area contributed by atoms with E-state index in [0.717, 1.165) is 11.3 Å². The Morgan fingerprint density at radius 2 is 1.56 bits per heavy atom. The first-order chi connectivity index (χ1) is 8.56. The Bertz CT molecular complexity index is 355. The zero-order valence-corrected chi connectivity index (χ0v) is 12.7. The van der Waals surface area contributed by atoms with Gasteiger partial charge in [-0.2, -0.15) is 0 Å². The minimum Gasteiger partial charge on any atom is -0.491 e. The second-order valence-corrected chi connectivity index (χ2v) is 7.19. The minimum absolute atomic E-state index is 0.134. The van der Waals surface area contributed by atoms with Crippen molar-refractivity contribution in [3.63, 3.8) is 0 Å². The van der Waals surface area contributed by atoms with Crippen LogP contribution in [0.1, 0.15) is 19.4 Å². The monoisotopic (exact) mass is 270 g/mol. The van der Waals surface area contributed by atoms with E-state index in [1.165, 1.54) is 0 Å². The Morgan fingerprint density at radius 3 is 2.06 bits per heavy atom. The van der Waals surface area contributed by atoms with E-state index in [1.807, 2.05) is 38.1 Å². The van der Waals surface area contributed by atoms with Crippen molar-refractivity contribution in [1.82, 2.24) is 0 Å². The van der Waals surface area contributed by atoms with Gasteiger partial charge in [-0.05, 0) is 25.5 Å². The van der Waals surface area contributed by atoms with Gasteiger partial charge < -0.3 is 18.0 Å². The molecule has 1 aromatic carbocycles. The van der Waals surface area contributed by atoms with Gasteiger partial charge in [-0.3, -0.25) is 0 Å². The third-order valence-corrected chi connectivity index (χ3v) is 5.36. The van der Waals surface area contributed by atoms with Crippen molar-refractivity contribution in [3.05, 3.63) is 29.8 Å². The number of benzene rings is 1. The van der Waals surface area contributed by atoms with E-state index >= 15 is 0 Å². The SMILES string of the molecule is CO[Si](Cc1ccccc1OC(C)C)(OC)OC. The second kappa shape index (κ2) is 6.89. The molecule has 0 N–H and O–H groups in total. The van der Waals surface area contributed by atoms with E-state index in [1.54, 1.807) is 21.3 Å². The van der Waals surface area contributed by atoms with Crippen LogP contribution in [0.5, 0.6) is 5.75 Å². The van der Waals surface area contributed by atoms with Crippen LogP contribution in [0.2, 0.25) is 0 Å². The van der Waals surface area contributed by atoms with Crippen molar-refractivity contribution >= 4 is 8.80 Å². The van der Waals surface area contributed by atoms with Crippen LogP contribution in [0.4, 0.5) is 0 Å².